The van der Waals surface area contributed by atoms with Gasteiger partial charge in [-0.2, -0.15) is 5.10 Å². The number of nitrogens with one attached hydrogen (secondary N) is 2. The van der Waals surface area contributed by atoms with Crippen molar-refractivity contribution in [2.45, 2.75) is 12.6 Å². The third-order valence-electron chi connectivity index (χ3n) is 3.00. The summed E-state index contributed by atoms with van der Waals surface area (Å²) in [5, 5.41) is 9.52. The lowest BCUT2D eigenvalue weighted by atomic mass is 10.1. The number of carbonyl (C=O) groups is 1. The van der Waals surface area contributed by atoms with E-state index in [0.29, 0.717) is 11.1 Å². The van der Waals surface area contributed by atoms with Gasteiger partial charge in [0.25, 0.3) is 0 Å². The second kappa shape index (κ2) is 7.86. The van der Waals surface area contributed by atoms with Crippen molar-refractivity contribution in [1.29, 1.82) is 0 Å². The molecule has 1 atom stereocenters. The largest absolute Gasteiger partial charge is 0.350 e. The first-order chi connectivity index (χ1) is 9.99. The third kappa shape index (κ3) is 4.51. The van der Waals surface area contributed by atoms with Crippen molar-refractivity contribution in [2.24, 2.45) is 7.05 Å². The van der Waals surface area contributed by atoms with Gasteiger partial charge in [0.1, 0.15) is 17.7 Å². The van der Waals surface area contributed by atoms with Crippen LogP contribution >= 0.6 is 12.4 Å². The Morgan fingerprint density at radius 2 is 1.95 bits per heavy atom. The summed E-state index contributed by atoms with van der Waals surface area (Å²) in [5.41, 5.74) is 1.07. The zero-order valence-corrected chi connectivity index (χ0v) is 13.0. The average Bonchev–Trinajstić information content (AvgIpc) is 2.82. The van der Waals surface area contributed by atoms with Crippen molar-refractivity contribution in [2.75, 3.05) is 7.05 Å². The maximum atomic E-state index is 13.1. The van der Waals surface area contributed by atoms with Gasteiger partial charge in [-0.05, 0) is 24.7 Å². The van der Waals surface area contributed by atoms with Crippen molar-refractivity contribution in [3.8, 4) is 0 Å². The van der Waals surface area contributed by atoms with Crippen molar-refractivity contribution in [1.82, 2.24) is 20.4 Å². The third-order valence-corrected chi connectivity index (χ3v) is 3.00. The van der Waals surface area contributed by atoms with Crippen LogP contribution in [0.1, 0.15) is 17.2 Å². The fourth-order valence-electron chi connectivity index (χ4n) is 2.04. The maximum absolute atomic E-state index is 13.1. The molecule has 2 rings (SSSR count). The number of likely N-dealkylation sites (N-methyl/N-ethyl adjacent to an activating group) is 1. The van der Waals surface area contributed by atoms with Crippen LogP contribution in [0.5, 0.6) is 0 Å². The fraction of sp³-hybridized carbons (Fsp3) is 0.286. The van der Waals surface area contributed by atoms with Crippen molar-refractivity contribution < 1.29 is 13.6 Å². The van der Waals surface area contributed by atoms with E-state index in [9.17, 15) is 13.6 Å². The van der Waals surface area contributed by atoms with Gasteiger partial charge in [-0.1, -0.05) is 0 Å². The molecule has 2 aromatic rings. The monoisotopic (exact) mass is 330 g/mol. The molecule has 1 amide bonds. The van der Waals surface area contributed by atoms with E-state index in [-0.39, 0.29) is 24.9 Å². The van der Waals surface area contributed by atoms with Crippen molar-refractivity contribution >= 4 is 18.3 Å². The van der Waals surface area contributed by atoms with Crippen LogP contribution in [0.15, 0.2) is 30.6 Å². The number of rotatable bonds is 5. The van der Waals surface area contributed by atoms with Crippen LogP contribution in [0.3, 0.4) is 0 Å². The molecule has 0 radical (unpaired) electrons. The topological polar surface area (TPSA) is 59.0 Å². The van der Waals surface area contributed by atoms with Gasteiger partial charge in [0.2, 0.25) is 5.91 Å². The van der Waals surface area contributed by atoms with E-state index in [1.165, 1.54) is 12.1 Å². The van der Waals surface area contributed by atoms with E-state index in [1.807, 2.05) is 0 Å². The molecule has 0 bridgehead atoms. The zero-order valence-electron chi connectivity index (χ0n) is 12.1. The summed E-state index contributed by atoms with van der Waals surface area (Å²) in [6.07, 6.45) is 3.31. The molecule has 1 aromatic heterocycles. The number of carbonyl (C=O) groups excluding carboxylic acids is 1. The molecule has 0 saturated carbocycles. The molecule has 0 aliphatic rings. The highest BCUT2D eigenvalue weighted by molar-refractivity contribution is 5.85. The Morgan fingerprint density at radius 1 is 1.32 bits per heavy atom. The van der Waals surface area contributed by atoms with Gasteiger partial charge in [0.15, 0.2) is 0 Å². The van der Waals surface area contributed by atoms with Gasteiger partial charge in [0.05, 0.1) is 6.20 Å². The number of nitrogens with zero attached hydrogens (tertiary/aromatic N) is 2. The summed E-state index contributed by atoms with van der Waals surface area (Å²) in [7, 11) is 3.41. The van der Waals surface area contributed by atoms with Crippen molar-refractivity contribution in [3.05, 3.63) is 53.4 Å². The lowest BCUT2D eigenvalue weighted by Crippen LogP contribution is -2.35. The van der Waals surface area contributed by atoms with E-state index in [0.717, 1.165) is 6.07 Å². The SMILES string of the molecule is CNC(C(=O)NCc1cc(F)cc(F)c1)c1cnn(C)c1.Cl. The van der Waals surface area contributed by atoms with Gasteiger partial charge in [-0.25, -0.2) is 8.78 Å². The van der Waals surface area contributed by atoms with E-state index in [2.05, 4.69) is 15.7 Å². The summed E-state index contributed by atoms with van der Waals surface area (Å²) in [5.74, 6) is -1.64. The lowest BCUT2D eigenvalue weighted by Gasteiger charge is -2.14. The van der Waals surface area contributed by atoms with Crippen LogP contribution in [0, 0.1) is 11.6 Å². The highest BCUT2D eigenvalue weighted by Crippen LogP contribution is 2.12. The van der Waals surface area contributed by atoms with Gasteiger partial charge < -0.3 is 10.6 Å². The molecule has 2 N–H and O–H groups in total. The lowest BCUT2D eigenvalue weighted by molar-refractivity contribution is -0.123. The number of hydrogen-bond acceptors (Lipinski definition) is 3. The second-order valence-corrected chi connectivity index (χ2v) is 4.66. The summed E-state index contributed by atoms with van der Waals surface area (Å²) < 4.78 is 27.7. The molecular formula is C14H17ClF2N4O. The van der Waals surface area contributed by atoms with Gasteiger partial charge in [0, 0.05) is 31.4 Å². The van der Waals surface area contributed by atoms with E-state index in [1.54, 1.807) is 31.2 Å². The van der Waals surface area contributed by atoms with Gasteiger partial charge >= 0.3 is 0 Å². The average molecular weight is 331 g/mol. The minimum Gasteiger partial charge on any atom is -0.350 e. The van der Waals surface area contributed by atoms with Crippen LogP contribution < -0.4 is 10.6 Å². The Labute approximate surface area is 133 Å². The van der Waals surface area contributed by atoms with E-state index < -0.39 is 17.7 Å². The number of amides is 1. The smallest absolute Gasteiger partial charge is 0.242 e. The number of aryl methyl sites for hydroxylation is 1. The summed E-state index contributed by atoms with van der Waals surface area (Å²) in [4.78, 5) is 12.1. The number of halogens is 3. The zero-order chi connectivity index (χ0) is 15.4. The number of aromatic nitrogens is 2. The molecule has 120 valence electrons. The van der Waals surface area contributed by atoms with E-state index in [4.69, 9.17) is 0 Å². The Kier molecular flexibility index (Phi) is 6.45. The minimum absolute atomic E-state index is 0. The number of benzene rings is 1. The predicted octanol–water partition coefficient (Wildman–Crippen LogP) is 1.70. The molecule has 8 heteroatoms. The summed E-state index contributed by atoms with van der Waals surface area (Å²) in [6.45, 7) is 0.0476. The van der Waals surface area contributed by atoms with Gasteiger partial charge in [-0.3, -0.25) is 9.48 Å². The normalized spacial score (nSPS) is 11.6. The maximum Gasteiger partial charge on any atom is 0.242 e. The Morgan fingerprint density at radius 3 is 2.45 bits per heavy atom. The quantitative estimate of drug-likeness (QED) is 0.877. The van der Waals surface area contributed by atoms with Crippen LogP contribution in [-0.4, -0.2) is 22.7 Å². The minimum atomic E-state index is -0.670. The summed E-state index contributed by atoms with van der Waals surface area (Å²) in [6, 6.07) is 2.58. The first-order valence-electron chi connectivity index (χ1n) is 6.38. The first-order valence-corrected chi connectivity index (χ1v) is 6.38. The van der Waals surface area contributed by atoms with Crippen LogP contribution in [0.25, 0.3) is 0 Å². The van der Waals surface area contributed by atoms with Crippen LogP contribution in [-0.2, 0) is 18.4 Å². The predicted molar refractivity (Wildman–Crippen MR) is 80.5 cm³/mol. The van der Waals surface area contributed by atoms with Crippen LogP contribution in [0.2, 0.25) is 0 Å². The first kappa shape index (κ1) is 18.1. The Hall–Kier alpha value is -1.99. The molecular weight excluding hydrogens is 314 g/mol. The highest BCUT2D eigenvalue weighted by Gasteiger charge is 2.19. The molecule has 1 aromatic carbocycles. The fourth-order valence-corrected chi connectivity index (χ4v) is 2.04. The second-order valence-electron chi connectivity index (χ2n) is 4.66. The van der Waals surface area contributed by atoms with Crippen molar-refractivity contribution in [3.63, 3.8) is 0 Å². The van der Waals surface area contributed by atoms with E-state index >= 15 is 0 Å². The Balaban J connectivity index is 0.00000242. The molecule has 0 aliphatic carbocycles. The molecule has 0 aliphatic heterocycles. The molecule has 0 spiro atoms. The molecule has 0 saturated heterocycles. The molecule has 0 fully saturated rings. The highest BCUT2D eigenvalue weighted by atomic mass is 35.5. The molecule has 1 unspecified atom stereocenters. The Bertz CT molecular complexity index is 627. The summed E-state index contributed by atoms with van der Waals surface area (Å²) >= 11 is 0. The number of hydrogen-bond donors (Lipinski definition) is 2. The molecule has 5 nitrogen and oxygen atoms in total. The molecule has 1 heterocycles. The standard InChI is InChI=1S/C14H16F2N4O.ClH/c1-17-13(10-7-19-20(2)8-10)14(21)18-6-9-3-11(15)5-12(16)4-9;/h3-5,7-8,13,17H,6H2,1-2H3,(H,18,21);1H. The molecule has 22 heavy (non-hydrogen) atoms. The van der Waals surface area contributed by atoms with Gasteiger partial charge in [-0.15, -0.1) is 12.4 Å². The van der Waals surface area contributed by atoms with Crippen LogP contribution in [0.4, 0.5) is 8.78 Å².